The van der Waals surface area contributed by atoms with Crippen LogP contribution in [0.2, 0.25) is 0 Å². The van der Waals surface area contributed by atoms with E-state index < -0.39 is 5.41 Å². The number of nitriles is 4. The Bertz CT molecular complexity index is 405. The minimum absolute atomic E-state index is 0.250. The second-order valence-electron chi connectivity index (χ2n) is 5.34. The van der Waals surface area contributed by atoms with E-state index in [1.807, 2.05) is 24.3 Å². The van der Waals surface area contributed by atoms with Gasteiger partial charge in [0, 0.05) is 0 Å². The number of hydrogen-bond donors (Lipinski definition) is 0. The SMILES string of the molecule is N#CCCOCC(COCCC#N)(COCCC#N)COCCC#N. The molecule has 0 heterocycles. The average Bonchev–Trinajstić information content (AvgIpc) is 2.63. The molecule has 0 radical (unpaired) electrons. The molecule has 0 atom stereocenters. The summed E-state index contributed by atoms with van der Waals surface area (Å²) in [5.74, 6) is 0. The van der Waals surface area contributed by atoms with Gasteiger partial charge in [-0.1, -0.05) is 0 Å². The lowest BCUT2D eigenvalue weighted by Gasteiger charge is -2.32. The smallest absolute Gasteiger partial charge is 0.0645 e. The molecule has 25 heavy (non-hydrogen) atoms. The molecule has 0 aromatic heterocycles. The van der Waals surface area contributed by atoms with E-state index in [4.69, 9.17) is 40.0 Å². The van der Waals surface area contributed by atoms with Crippen molar-refractivity contribution in [1.82, 2.24) is 0 Å². The summed E-state index contributed by atoms with van der Waals surface area (Å²) in [7, 11) is 0. The average molecular weight is 348 g/mol. The maximum Gasteiger partial charge on any atom is 0.0645 e. The molecular formula is C17H24N4O4. The van der Waals surface area contributed by atoms with Gasteiger partial charge in [0.25, 0.3) is 0 Å². The van der Waals surface area contributed by atoms with E-state index in [2.05, 4.69) is 0 Å². The van der Waals surface area contributed by atoms with E-state index in [9.17, 15) is 0 Å². The van der Waals surface area contributed by atoms with Gasteiger partial charge in [-0.2, -0.15) is 21.0 Å². The summed E-state index contributed by atoms with van der Waals surface area (Å²) in [6, 6.07) is 8.03. The van der Waals surface area contributed by atoms with Gasteiger partial charge in [0.2, 0.25) is 0 Å². The zero-order valence-electron chi connectivity index (χ0n) is 14.4. The fourth-order valence-corrected chi connectivity index (χ4v) is 1.88. The van der Waals surface area contributed by atoms with Gasteiger partial charge in [0.15, 0.2) is 0 Å². The van der Waals surface area contributed by atoms with Gasteiger partial charge in [-0.05, 0) is 0 Å². The van der Waals surface area contributed by atoms with Crippen molar-refractivity contribution in [2.24, 2.45) is 5.41 Å². The number of nitrogens with zero attached hydrogens (tertiary/aromatic N) is 4. The van der Waals surface area contributed by atoms with E-state index in [0.29, 0.717) is 0 Å². The van der Waals surface area contributed by atoms with Crippen molar-refractivity contribution < 1.29 is 18.9 Å². The van der Waals surface area contributed by atoms with Crippen LogP contribution < -0.4 is 0 Å². The van der Waals surface area contributed by atoms with Crippen LogP contribution in [-0.4, -0.2) is 52.9 Å². The zero-order valence-corrected chi connectivity index (χ0v) is 14.4. The number of ether oxygens (including phenoxy) is 4. The van der Waals surface area contributed by atoms with Crippen LogP contribution in [0.15, 0.2) is 0 Å². The highest BCUT2D eigenvalue weighted by Crippen LogP contribution is 2.21. The third-order valence-electron chi connectivity index (χ3n) is 3.07. The Labute approximate surface area is 149 Å². The number of hydrogen-bond acceptors (Lipinski definition) is 8. The van der Waals surface area contributed by atoms with Crippen molar-refractivity contribution in [3.8, 4) is 24.3 Å². The molecule has 0 bridgehead atoms. The second kappa shape index (κ2) is 16.7. The quantitative estimate of drug-likeness (QED) is 0.385. The van der Waals surface area contributed by atoms with Crippen molar-refractivity contribution in [1.29, 1.82) is 21.0 Å². The fourth-order valence-electron chi connectivity index (χ4n) is 1.88. The molecule has 0 fully saturated rings. The van der Waals surface area contributed by atoms with Gasteiger partial charge >= 0.3 is 0 Å². The highest BCUT2D eigenvalue weighted by molar-refractivity contribution is 4.81. The van der Waals surface area contributed by atoms with E-state index in [1.54, 1.807) is 0 Å². The van der Waals surface area contributed by atoms with Gasteiger partial charge in [-0.3, -0.25) is 0 Å². The lowest BCUT2D eigenvalue weighted by atomic mass is 9.92. The third-order valence-corrected chi connectivity index (χ3v) is 3.07. The van der Waals surface area contributed by atoms with Crippen LogP contribution in [0.4, 0.5) is 0 Å². The third kappa shape index (κ3) is 12.8. The second-order valence-corrected chi connectivity index (χ2v) is 5.34. The van der Waals surface area contributed by atoms with Gasteiger partial charge in [-0.15, -0.1) is 0 Å². The molecule has 8 heteroatoms. The van der Waals surface area contributed by atoms with E-state index in [0.717, 1.165) is 0 Å². The molecule has 0 spiro atoms. The van der Waals surface area contributed by atoms with E-state index in [-0.39, 0.29) is 78.5 Å². The van der Waals surface area contributed by atoms with Crippen molar-refractivity contribution >= 4 is 0 Å². The van der Waals surface area contributed by atoms with Crippen molar-refractivity contribution in [2.45, 2.75) is 25.7 Å². The zero-order chi connectivity index (χ0) is 18.6. The van der Waals surface area contributed by atoms with Crippen LogP contribution >= 0.6 is 0 Å². The van der Waals surface area contributed by atoms with Crippen LogP contribution in [0.5, 0.6) is 0 Å². The maximum absolute atomic E-state index is 8.60. The monoisotopic (exact) mass is 348 g/mol. The first-order valence-corrected chi connectivity index (χ1v) is 8.03. The Hall–Kier alpha value is -2.20. The summed E-state index contributed by atoms with van der Waals surface area (Å²) in [5.41, 5.74) is -0.629. The van der Waals surface area contributed by atoms with Crippen LogP contribution in [0.1, 0.15) is 25.7 Å². The largest absolute Gasteiger partial charge is 0.380 e. The van der Waals surface area contributed by atoms with Crippen molar-refractivity contribution in [3.63, 3.8) is 0 Å². The summed E-state index contributed by atoms with van der Waals surface area (Å²) >= 11 is 0. The Morgan fingerprint density at radius 3 is 0.920 bits per heavy atom. The predicted molar refractivity (Wildman–Crippen MR) is 86.6 cm³/mol. The molecule has 0 N–H and O–H groups in total. The predicted octanol–water partition coefficient (Wildman–Crippen LogP) is 1.69. The highest BCUT2D eigenvalue weighted by Gasteiger charge is 2.32. The van der Waals surface area contributed by atoms with Crippen LogP contribution in [0, 0.1) is 50.7 Å². The van der Waals surface area contributed by atoms with Gasteiger partial charge < -0.3 is 18.9 Å². The first-order valence-electron chi connectivity index (χ1n) is 8.03. The Balaban J connectivity index is 4.75. The summed E-state index contributed by atoms with van der Waals surface area (Å²) in [6.45, 7) is 2.14. The minimum Gasteiger partial charge on any atom is -0.380 e. The molecular weight excluding hydrogens is 324 g/mol. The topological polar surface area (TPSA) is 132 Å². The molecule has 0 aromatic carbocycles. The normalized spacial score (nSPS) is 10.4. The summed E-state index contributed by atoms with van der Waals surface area (Å²) < 4.78 is 22.2. The molecule has 0 saturated heterocycles. The lowest BCUT2D eigenvalue weighted by molar-refractivity contribution is -0.104. The Kier molecular flexibility index (Phi) is 15.2. The Morgan fingerprint density at radius 1 is 0.480 bits per heavy atom. The standard InChI is InChI=1S/C17H24N4O4/c18-5-1-9-22-13-17(14-23-10-2-6-19,15-24-11-3-7-20)16-25-12-4-8-21/h1-4,9-16H2. The van der Waals surface area contributed by atoms with E-state index >= 15 is 0 Å². The molecule has 0 amide bonds. The summed E-state index contributed by atoms with van der Waals surface area (Å²) in [5, 5.41) is 34.4. The first kappa shape index (κ1) is 22.8. The highest BCUT2D eigenvalue weighted by atomic mass is 16.5. The van der Waals surface area contributed by atoms with Gasteiger partial charge in [0.05, 0.1) is 108 Å². The molecule has 0 saturated carbocycles. The van der Waals surface area contributed by atoms with Gasteiger partial charge in [0.1, 0.15) is 0 Å². The molecule has 8 nitrogen and oxygen atoms in total. The van der Waals surface area contributed by atoms with Crippen LogP contribution in [0.3, 0.4) is 0 Å². The first-order chi connectivity index (χ1) is 12.2. The summed E-state index contributed by atoms with van der Waals surface area (Å²) in [6.07, 6.45) is 1.10. The lowest BCUT2D eigenvalue weighted by Crippen LogP contribution is -2.42. The van der Waals surface area contributed by atoms with Crippen molar-refractivity contribution in [3.05, 3.63) is 0 Å². The molecule has 0 aliphatic rings. The summed E-state index contributed by atoms with van der Waals surface area (Å²) in [4.78, 5) is 0. The van der Waals surface area contributed by atoms with Gasteiger partial charge in [-0.25, -0.2) is 0 Å². The maximum atomic E-state index is 8.60. The molecule has 0 aliphatic carbocycles. The fraction of sp³-hybridized carbons (Fsp3) is 0.765. The Morgan fingerprint density at radius 2 is 0.720 bits per heavy atom. The van der Waals surface area contributed by atoms with Crippen molar-refractivity contribution in [2.75, 3.05) is 52.9 Å². The van der Waals surface area contributed by atoms with Crippen LogP contribution in [0.25, 0.3) is 0 Å². The molecule has 0 aliphatic heterocycles. The van der Waals surface area contributed by atoms with E-state index in [1.165, 1.54) is 0 Å². The molecule has 0 aromatic rings. The molecule has 136 valence electrons. The minimum atomic E-state index is -0.629. The number of rotatable bonds is 16. The molecule has 0 unspecified atom stereocenters. The molecule has 0 rings (SSSR count). The van der Waals surface area contributed by atoms with Crippen LogP contribution in [-0.2, 0) is 18.9 Å².